The van der Waals surface area contributed by atoms with Gasteiger partial charge in [-0.05, 0) is 24.3 Å². The molecule has 2 aromatic rings. The number of rotatable bonds is 5. The highest BCUT2D eigenvalue weighted by Crippen LogP contribution is 2.34. The first-order valence-corrected chi connectivity index (χ1v) is 7.77. The van der Waals surface area contributed by atoms with E-state index in [9.17, 15) is 0 Å². The predicted molar refractivity (Wildman–Crippen MR) is 80.4 cm³/mol. The molecule has 0 saturated carbocycles. The van der Waals surface area contributed by atoms with Gasteiger partial charge in [0, 0.05) is 37.3 Å². The summed E-state index contributed by atoms with van der Waals surface area (Å²) in [7, 11) is 0. The highest BCUT2D eigenvalue weighted by Gasteiger charge is 2.44. The number of ether oxygens (including phenoxy) is 2. The van der Waals surface area contributed by atoms with Gasteiger partial charge in [0.05, 0.1) is 32.1 Å². The molecule has 0 N–H and O–H groups in total. The van der Waals surface area contributed by atoms with Gasteiger partial charge in [-0.2, -0.15) is 0 Å². The van der Waals surface area contributed by atoms with Crippen molar-refractivity contribution in [3.05, 3.63) is 48.7 Å². The van der Waals surface area contributed by atoms with Crippen molar-refractivity contribution in [3.63, 3.8) is 0 Å². The quantitative estimate of drug-likeness (QED) is 0.847. The van der Waals surface area contributed by atoms with Gasteiger partial charge in [-0.1, -0.05) is 0 Å². The lowest BCUT2D eigenvalue weighted by atomic mass is 9.94. The molecular formula is C17H20N2O3. The third-order valence-corrected chi connectivity index (χ3v) is 4.59. The first kappa shape index (κ1) is 13.8. The van der Waals surface area contributed by atoms with Crippen LogP contribution in [-0.4, -0.2) is 42.3 Å². The molecule has 5 heteroatoms. The SMILES string of the molecule is c1coc(CN2C[C@H]3[C@@H](COc4ccncc4)CO[C@H]3C2)c1. The van der Waals surface area contributed by atoms with Gasteiger partial charge in [-0.25, -0.2) is 0 Å². The molecule has 0 bridgehead atoms. The van der Waals surface area contributed by atoms with E-state index in [0.29, 0.717) is 24.5 Å². The van der Waals surface area contributed by atoms with Crippen LogP contribution in [0.3, 0.4) is 0 Å². The Morgan fingerprint density at radius 1 is 1.23 bits per heavy atom. The molecule has 0 amide bonds. The average molecular weight is 300 g/mol. The second-order valence-corrected chi connectivity index (χ2v) is 6.06. The van der Waals surface area contributed by atoms with Crippen LogP contribution in [0.4, 0.5) is 0 Å². The van der Waals surface area contributed by atoms with Crippen molar-refractivity contribution in [2.24, 2.45) is 11.8 Å². The van der Waals surface area contributed by atoms with Crippen LogP contribution < -0.4 is 4.74 Å². The summed E-state index contributed by atoms with van der Waals surface area (Å²) >= 11 is 0. The predicted octanol–water partition coefficient (Wildman–Crippen LogP) is 2.20. The molecule has 0 aromatic carbocycles. The van der Waals surface area contributed by atoms with Crippen LogP contribution >= 0.6 is 0 Å². The smallest absolute Gasteiger partial charge is 0.122 e. The molecule has 0 unspecified atom stereocenters. The number of fused-ring (bicyclic) bond motifs is 1. The van der Waals surface area contributed by atoms with Crippen LogP contribution in [0.5, 0.6) is 5.75 Å². The first-order chi connectivity index (χ1) is 10.9. The van der Waals surface area contributed by atoms with Crippen molar-refractivity contribution in [1.29, 1.82) is 0 Å². The average Bonchev–Trinajstić information content (AvgIpc) is 3.25. The van der Waals surface area contributed by atoms with E-state index in [0.717, 1.165) is 37.8 Å². The molecular weight excluding hydrogens is 280 g/mol. The Morgan fingerprint density at radius 2 is 2.14 bits per heavy atom. The summed E-state index contributed by atoms with van der Waals surface area (Å²) in [4.78, 5) is 6.41. The molecule has 0 aliphatic carbocycles. The minimum absolute atomic E-state index is 0.334. The van der Waals surface area contributed by atoms with Crippen LogP contribution in [0.25, 0.3) is 0 Å². The van der Waals surface area contributed by atoms with E-state index in [1.165, 1.54) is 0 Å². The summed E-state index contributed by atoms with van der Waals surface area (Å²) in [5.41, 5.74) is 0. The van der Waals surface area contributed by atoms with Crippen molar-refractivity contribution >= 4 is 0 Å². The lowest BCUT2D eigenvalue weighted by molar-refractivity contribution is 0.0886. The molecule has 2 saturated heterocycles. The first-order valence-electron chi connectivity index (χ1n) is 7.77. The summed E-state index contributed by atoms with van der Waals surface area (Å²) in [5, 5.41) is 0. The van der Waals surface area contributed by atoms with E-state index >= 15 is 0 Å². The fourth-order valence-electron chi connectivity index (χ4n) is 3.44. The molecule has 2 aliphatic rings. The Hall–Kier alpha value is -1.85. The normalized spacial score (nSPS) is 27.9. The van der Waals surface area contributed by atoms with Crippen molar-refractivity contribution in [2.45, 2.75) is 12.6 Å². The molecule has 4 heterocycles. The second kappa shape index (κ2) is 6.10. The van der Waals surface area contributed by atoms with Gasteiger partial charge in [-0.3, -0.25) is 9.88 Å². The third-order valence-electron chi connectivity index (χ3n) is 4.59. The summed E-state index contributed by atoms with van der Waals surface area (Å²) < 4.78 is 17.3. The Bertz CT molecular complexity index is 587. The maximum atomic E-state index is 5.96. The van der Waals surface area contributed by atoms with Gasteiger partial charge in [0.25, 0.3) is 0 Å². The molecule has 22 heavy (non-hydrogen) atoms. The molecule has 0 radical (unpaired) electrons. The molecule has 2 fully saturated rings. The fraction of sp³-hybridized carbons (Fsp3) is 0.471. The molecule has 0 spiro atoms. The summed E-state index contributed by atoms with van der Waals surface area (Å²) in [6.07, 6.45) is 5.57. The lowest BCUT2D eigenvalue weighted by Gasteiger charge is -2.19. The zero-order chi connectivity index (χ0) is 14.8. The summed E-state index contributed by atoms with van der Waals surface area (Å²) in [6, 6.07) is 7.75. The van der Waals surface area contributed by atoms with Crippen molar-refractivity contribution in [2.75, 3.05) is 26.3 Å². The number of furan rings is 1. The van der Waals surface area contributed by atoms with E-state index in [1.807, 2.05) is 24.3 Å². The molecule has 5 nitrogen and oxygen atoms in total. The number of likely N-dealkylation sites (tertiary alicyclic amines) is 1. The van der Waals surface area contributed by atoms with Gasteiger partial charge in [-0.15, -0.1) is 0 Å². The number of hydrogen-bond donors (Lipinski definition) is 0. The van der Waals surface area contributed by atoms with E-state index in [1.54, 1.807) is 18.7 Å². The third kappa shape index (κ3) is 2.87. The van der Waals surface area contributed by atoms with Crippen LogP contribution in [0, 0.1) is 11.8 Å². The topological polar surface area (TPSA) is 47.7 Å². The zero-order valence-corrected chi connectivity index (χ0v) is 12.4. The highest BCUT2D eigenvalue weighted by atomic mass is 16.5. The van der Waals surface area contributed by atoms with Gasteiger partial charge in [0.2, 0.25) is 0 Å². The highest BCUT2D eigenvalue weighted by molar-refractivity contribution is 5.16. The Labute approximate surface area is 129 Å². The summed E-state index contributed by atoms with van der Waals surface area (Å²) in [5.74, 6) is 2.91. The standard InChI is InChI=1S/C17H20N2O3/c1-2-15(20-7-1)8-19-9-16-13(12-22-17(16)10-19)11-21-14-3-5-18-6-4-14/h1-7,13,16-17H,8-12H2/t13-,16-,17-/m0/s1. The minimum Gasteiger partial charge on any atom is -0.493 e. The van der Waals surface area contributed by atoms with E-state index in [-0.39, 0.29) is 0 Å². The van der Waals surface area contributed by atoms with Gasteiger partial charge >= 0.3 is 0 Å². The Morgan fingerprint density at radius 3 is 2.95 bits per heavy atom. The van der Waals surface area contributed by atoms with Crippen molar-refractivity contribution in [3.8, 4) is 5.75 Å². The number of hydrogen-bond acceptors (Lipinski definition) is 5. The van der Waals surface area contributed by atoms with Crippen LogP contribution in [-0.2, 0) is 11.3 Å². The molecule has 116 valence electrons. The van der Waals surface area contributed by atoms with E-state index in [2.05, 4.69) is 9.88 Å². The lowest BCUT2D eigenvalue weighted by Crippen LogP contribution is -2.26. The van der Waals surface area contributed by atoms with Crippen molar-refractivity contribution in [1.82, 2.24) is 9.88 Å². The fourth-order valence-corrected chi connectivity index (χ4v) is 3.44. The molecule has 2 aromatic heterocycles. The van der Waals surface area contributed by atoms with Crippen LogP contribution in [0.1, 0.15) is 5.76 Å². The van der Waals surface area contributed by atoms with Gasteiger partial charge < -0.3 is 13.9 Å². The zero-order valence-electron chi connectivity index (χ0n) is 12.4. The number of nitrogens with zero attached hydrogens (tertiary/aromatic N) is 2. The second-order valence-electron chi connectivity index (χ2n) is 6.06. The maximum Gasteiger partial charge on any atom is 0.122 e. The van der Waals surface area contributed by atoms with E-state index in [4.69, 9.17) is 13.9 Å². The van der Waals surface area contributed by atoms with Gasteiger partial charge in [0.15, 0.2) is 0 Å². The van der Waals surface area contributed by atoms with Crippen molar-refractivity contribution < 1.29 is 13.9 Å². The molecule has 3 atom stereocenters. The van der Waals surface area contributed by atoms with Crippen LogP contribution in [0.15, 0.2) is 47.3 Å². The molecule has 2 aliphatic heterocycles. The monoisotopic (exact) mass is 300 g/mol. The largest absolute Gasteiger partial charge is 0.493 e. The summed E-state index contributed by atoms with van der Waals surface area (Å²) in [6.45, 7) is 4.41. The minimum atomic E-state index is 0.334. The Kier molecular flexibility index (Phi) is 3.83. The Balaban J connectivity index is 1.32. The maximum absolute atomic E-state index is 5.96. The number of aromatic nitrogens is 1. The molecule has 4 rings (SSSR count). The van der Waals surface area contributed by atoms with Gasteiger partial charge in [0.1, 0.15) is 11.5 Å². The number of pyridine rings is 1. The van der Waals surface area contributed by atoms with Crippen LogP contribution in [0.2, 0.25) is 0 Å². The van der Waals surface area contributed by atoms with E-state index < -0.39 is 0 Å².